The number of carbonyl (C=O) groups is 1. The third-order valence-electron chi connectivity index (χ3n) is 3.81. The molecule has 1 aliphatic carbocycles. The van der Waals surface area contributed by atoms with Gasteiger partial charge in [-0.25, -0.2) is 0 Å². The zero-order valence-corrected chi connectivity index (χ0v) is 11.4. The Morgan fingerprint density at radius 3 is 2.82 bits per heavy atom. The van der Waals surface area contributed by atoms with Crippen LogP contribution in [0, 0.1) is 11.8 Å². The van der Waals surface area contributed by atoms with Crippen molar-refractivity contribution in [2.24, 2.45) is 11.8 Å². The van der Waals surface area contributed by atoms with E-state index in [2.05, 4.69) is 6.92 Å². The van der Waals surface area contributed by atoms with Gasteiger partial charge in [-0.2, -0.15) is 0 Å². The first kappa shape index (κ1) is 12.9. The Labute approximate surface area is 111 Å². The van der Waals surface area contributed by atoms with Gasteiger partial charge in [0.15, 0.2) is 0 Å². The van der Waals surface area contributed by atoms with Gasteiger partial charge in [0.2, 0.25) is 0 Å². The van der Waals surface area contributed by atoms with Gasteiger partial charge in [0, 0.05) is 10.8 Å². The second-order valence-electron chi connectivity index (χ2n) is 4.78. The molecule has 2 rings (SSSR count). The van der Waals surface area contributed by atoms with Gasteiger partial charge in [0.25, 0.3) is 0 Å². The molecule has 0 spiro atoms. The molecule has 0 aliphatic heterocycles. The summed E-state index contributed by atoms with van der Waals surface area (Å²) in [7, 11) is 0. The van der Waals surface area contributed by atoms with E-state index in [1.54, 1.807) is 0 Å². The Morgan fingerprint density at radius 2 is 2.29 bits per heavy atom. The van der Waals surface area contributed by atoms with Crippen LogP contribution in [0.25, 0.3) is 0 Å². The predicted octanol–water partition coefficient (Wildman–Crippen LogP) is 4.40. The van der Waals surface area contributed by atoms with Gasteiger partial charge in [-0.3, -0.25) is 4.79 Å². The lowest BCUT2D eigenvalue weighted by Crippen LogP contribution is -2.28. The van der Waals surface area contributed by atoms with Crippen molar-refractivity contribution in [1.82, 2.24) is 0 Å². The Morgan fingerprint density at radius 1 is 1.53 bits per heavy atom. The van der Waals surface area contributed by atoms with Gasteiger partial charge >= 0.3 is 5.97 Å². The Kier molecular flexibility index (Phi) is 4.10. The molecule has 0 saturated heterocycles. The van der Waals surface area contributed by atoms with Crippen LogP contribution in [0.2, 0.25) is 4.34 Å². The molecule has 1 aromatic heterocycles. The number of carboxylic acid groups (broad SMARTS) is 1. The molecule has 1 aromatic rings. The van der Waals surface area contributed by atoms with E-state index in [0.717, 1.165) is 34.9 Å². The van der Waals surface area contributed by atoms with E-state index in [9.17, 15) is 9.90 Å². The van der Waals surface area contributed by atoms with Crippen molar-refractivity contribution < 1.29 is 9.90 Å². The van der Waals surface area contributed by atoms with Gasteiger partial charge < -0.3 is 5.11 Å². The molecule has 4 heteroatoms. The van der Waals surface area contributed by atoms with E-state index < -0.39 is 5.97 Å². The van der Waals surface area contributed by atoms with Crippen LogP contribution in [0.3, 0.4) is 0 Å². The van der Waals surface area contributed by atoms with E-state index in [-0.39, 0.29) is 11.8 Å². The maximum absolute atomic E-state index is 11.3. The number of carboxylic acids is 1. The average molecular weight is 273 g/mol. The Bertz CT molecular complexity index is 402. The summed E-state index contributed by atoms with van der Waals surface area (Å²) >= 11 is 7.48. The molecule has 1 fully saturated rings. The monoisotopic (exact) mass is 272 g/mol. The quantitative estimate of drug-likeness (QED) is 0.886. The molecular formula is C13H17ClO2S. The molecule has 0 radical (unpaired) electrons. The number of hydrogen-bond donors (Lipinski definition) is 1. The van der Waals surface area contributed by atoms with Gasteiger partial charge in [-0.1, -0.05) is 24.9 Å². The first-order chi connectivity index (χ1) is 8.11. The third kappa shape index (κ3) is 2.83. The van der Waals surface area contributed by atoms with E-state index >= 15 is 0 Å². The van der Waals surface area contributed by atoms with E-state index in [1.807, 2.05) is 12.1 Å². The predicted molar refractivity (Wildman–Crippen MR) is 70.8 cm³/mol. The van der Waals surface area contributed by atoms with Crippen LogP contribution in [0.5, 0.6) is 0 Å². The SMILES string of the molecule is CCC1CCC(C(=O)O)C(c2ccc(Cl)s2)C1. The van der Waals surface area contributed by atoms with Gasteiger partial charge in [-0.05, 0) is 37.3 Å². The number of rotatable bonds is 3. The lowest BCUT2D eigenvalue weighted by molar-refractivity contribution is -0.143. The summed E-state index contributed by atoms with van der Waals surface area (Å²) in [6.45, 7) is 2.18. The molecule has 1 N–H and O–H groups in total. The Balaban J connectivity index is 2.21. The molecule has 1 aliphatic rings. The summed E-state index contributed by atoms with van der Waals surface area (Å²) in [6.07, 6.45) is 3.98. The molecule has 94 valence electrons. The zero-order chi connectivity index (χ0) is 12.4. The Hall–Kier alpha value is -0.540. The fraction of sp³-hybridized carbons (Fsp3) is 0.615. The third-order valence-corrected chi connectivity index (χ3v) is 5.18. The molecule has 3 atom stereocenters. The minimum absolute atomic E-state index is 0.156. The van der Waals surface area contributed by atoms with Crippen molar-refractivity contribution in [3.05, 3.63) is 21.3 Å². The van der Waals surface area contributed by atoms with Crippen LogP contribution in [-0.2, 0) is 4.79 Å². The van der Waals surface area contributed by atoms with Crippen molar-refractivity contribution >= 4 is 28.9 Å². The maximum Gasteiger partial charge on any atom is 0.307 e. The maximum atomic E-state index is 11.3. The minimum Gasteiger partial charge on any atom is -0.481 e. The van der Waals surface area contributed by atoms with E-state index in [0.29, 0.717) is 5.92 Å². The minimum atomic E-state index is -0.658. The lowest BCUT2D eigenvalue weighted by atomic mass is 9.72. The lowest BCUT2D eigenvalue weighted by Gasteiger charge is -2.33. The number of aliphatic carboxylic acids is 1. The molecule has 0 amide bonds. The van der Waals surface area contributed by atoms with Crippen molar-refractivity contribution in [3.63, 3.8) is 0 Å². The van der Waals surface area contributed by atoms with Crippen LogP contribution in [0.4, 0.5) is 0 Å². The van der Waals surface area contributed by atoms with Crippen molar-refractivity contribution in [3.8, 4) is 0 Å². The van der Waals surface area contributed by atoms with Gasteiger partial charge in [0.1, 0.15) is 0 Å². The summed E-state index contributed by atoms with van der Waals surface area (Å²) in [6, 6.07) is 3.86. The standard InChI is InChI=1S/C13H17ClO2S/c1-2-8-3-4-9(13(15)16)10(7-8)11-5-6-12(14)17-11/h5-6,8-10H,2-4,7H2,1H3,(H,15,16). The van der Waals surface area contributed by atoms with Crippen molar-refractivity contribution in [2.45, 2.75) is 38.5 Å². The second-order valence-corrected chi connectivity index (χ2v) is 6.53. The molecule has 0 aromatic carbocycles. The second kappa shape index (κ2) is 5.40. The molecule has 1 saturated carbocycles. The normalized spacial score (nSPS) is 29.2. The fourth-order valence-corrected chi connectivity index (χ4v) is 4.01. The topological polar surface area (TPSA) is 37.3 Å². The number of halogens is 1. The molecule has 3 unspecified atom stereocenters. The molecular weight excluding hydrogens is 256 g/mol. The summed E-state index contributed by atoms with van der Waals surface area (Å²) < 4.78 is 0.753. The molecule has 17 heavy (non-hydrogen) atoms. The summed E-state index contributed by atoms with van der Waals surface area (Å²) in [5, 5.41) is 9.31. The zero-order valence-electron chi connectivity index (χ0n) is 9.86. The van der Waals surface area contributed by atoms with Crippen LogP contribution in [-0.4, -0.2) is 11.1 Å². The highest BCUT2D eigenvalue weighted by atomic mass is 35.5. The number of hydrogen-bond acceptors (Lipinski definition) is 2. The molecule has 1 heterocycles. The van der Waals surface area contributed by atoms with Gasteiger partial charge in [-0.15, -0.1) is 11.3 Å². The van der Waals surface area contributed by atoms with Crippen LogP contribution >= 0.6 is 22.9 Å². The highest BCUT2D eigenvalue weighted by molar-refractivity contribution is 7.16. The summed E-state index contributed by atoms with van der Waals surface area (Å²) in [5.41, 5.74) is 0. The fourth-order valence-electron chi connectivity index (χ4n) is 2.77. The largest absolute Gasteiger partial charge is 0.481 e. The van der Waals surface area contributed by atoms with E-state index in [4.69, 9.17) is 11.6 Å². The molecule has 2 nitrogen and oxygen atoms in total. The highest BCUT2D eigenvalue weighted by Gasteiger charge is 2.36. The summed E-state index contributed by atoms with van der Waals surface area (Å²) in [5.74, 6) is -0.0678. The van der Waals surface area contributed by atoms with Crippen LogP contribution in [0.15, 0.2) is 12.1 Å². The molecule has 0 bridgehead atoms. The number of thiophene rings is 1. The highest BCUT2D eigenvalue weighted by Crippen LogP contribution is 2.44. The first-order valence-corrected chi connectivity index (χ1v) is 7.29. The average Bonchev–Trinajstić information content (AvgIpc) is 2.75. The van der Waals surface area contributed by atoms with Crippen LogP contribution < -0.4 is 0 Å². The van der Waals surface area contributed by atoms with Crippen molar-refractivity contribution in [1.29, 1.82) is 0 Å². The first-order valence-electron chi connectivity index (χ1n) is 6.09. The van der Waals surface area contributed by atoms with E-state index in [1.165, 1.54) is 11.3 Å². The van der Waals surface area contributed by atoms with Crippen molar-refractivity contribution in [2.75, 3.05) is 0 Å². The smallest absolute Gasteiger partial charge is 0.307 e. The van der Waals surface area contributed by atoms with Gasteiger partial charge in [0.05, 0.1) is 10.3 Å². The van der Waals surface area contributed by atoms with Crippen LogP contribution in [0.1, 0.15) is 43.4 Å². The summed E-state index contributed by atoms with van der Waals surface area (Å²) in [4.78, 5) is 12.5.